The Morgan fingerprint density at radius 1 is 1.53 bits per heavy atom. The van der Waals surface area contributed by atoms with Crippen LogP contribution < -0.4 is 5.32 Å². The Hall–Kier alpha value is -0.800. The molecule has 2 atom stereocenters. The molecule has 2 unspecified atom stereocenters. The van der Waals surface area contributed by atoms with Crippen molar-refractivity contribution in [1.29, 1.82) is 0 Å². The SMILES string of the molecule is CCCNCC1CCOC1c1ccoc1. The minimum Gasteiger partial charge on any atom is -0.472 e. The zero-order valence-corrected chi connectivity index (χ0v) is 9.24. The van der Waals surface area contributed by atoms with Gasteiger partial charge in [-0.2, -0.15) is 0 Å². The van der Waals surface area contributed by atoms with Crippen molar-refractivity contribution in [3.63, 3.8) is 0 Å². The van der Waals surface area contributed by atoms with E-state index in [1.165, 1.54) is 12.0 Å². The summed E-state index contributed by atoms with van der Waals surface area (Å²) in [6.45, 7) is 5.19. The number of furan rings is 1. The molecule has 1 aliphatic rings. The van der Waals surface area contributed by atoms with Gasteiger partial charge in [-0.1, -0.05) is 6.92 Å². The molecule has 0 spiro atoms. The highest BCUT2D eigenvalue weighted by Gasteiger charge is 2.29. The van der Waals surface area contributed by atoms with Gasteiger partial charge in [0.25, 0.3) is 0 Å². The number of hydrogen-bond donors (Lipinski definition) is 1. The van der Waals surface area contributed by atoms with Gasteiger partial charge < -0.3 is 14.5 Å². The van der Waals surface area contributed by atoms with Crippen LogP contribution in [0.15, 0.2) is 23.0 Å². The zero-order chi connectivity index (χ0) is 10.5. The number of nitrogens with one attached hydrogen (secondary N) is 1. The molecule has 3 heteroatoms. The van der Waals surface area contributed by atoms with E-state index in [4.69, 9.17) is 9.15 Å². The van der Waals surface area contributed by atoms with Gasteiger partial charge in [-0.25, -0.2) is 0 Å². The van der Waals surface area contributed by atoms with Crippen molar-refractivity contribution >= 4 is 0 Å². The fourth-order valence-electron chi connectivity index (χ4n) is 2.11. The Morgan fingerprint density at radius 2 is 2.47 bits per heavy atom. The molecule has 1 aromatic rings. The fraction of sp³-hybridized carbons (Fsp3) is 0.667. The van der Waals surface area contributed by atoms with Crippen molar-refractivity contribution in [3.8, 4) is 0 Å². The Kier molecular flexibility index (Phi) is 3.80. The lowest BCUT2D eigenvalue weighted by Gasteiger charge is -2.17. The van der Waals surface area contributed by atoms with E-state index in [1.807, 2.05) is 6.07 Å². The van der Waals surface area contributed by atoms with Gasteiger partial charge in [0.15, 0.2) is 0 Å². The van der Waals surface area contributed by atoms with Crippen LogP contribution in [0.4, 0.5) is 0 Å². The third-order valence-corrected chi connectivity index (χ3v) is 2.92. The minimum atomic E-state index is 0.230. The van der Waals surface area contributed by atoms with Crippen molar-refractivity contribution in [1.82, 2.24) is 5.32 Å². The van der Waals surface area contributed by atoms with Crippen LogP contribution in [0.2, 0.25) is 0 Å². The van der Waals surface area contributed by atoms with Crippen LogP contribution in [0.25, 0.3) is 0 Å². The molecule has 0 bridgehead atoms. The van der Waals surface area contributed by atoms with E-state index in [0.717, 1.165) is 26.1 Å². The van der Waals surface area contributed by atoms with Crippen LogP contribution in [0.3, 0.4) is 0 Å². The summed E-state index contributed by atoms with van der Waals surface area (Å²) in [5, 5.41) is 3.46. The second kappa shape index (κ2) is 5.33. The van der Waals surface area contributed by atoms with Crippen LogP contribution in [0, 0.1) is 5.92 Å². The molecule has 1 N–H and O–H groups in total. The normalized spacial score (nSPS) is 25.9. The average Bonchev–Trinajstić information content (AvgIpc) is 2.87. The van der Waals surface area contributed by atoms with Crippen molar-refractivity contribution in [2.75, 3.05) is 19.7 Å². The molecule has 1 fully saturated rings. The molecule has 1 saturated heterocycles. The summed E-state index contributed by atoms with van der Waals surface area (Å²) in [7, 11) is 0. The molecule has 0 aromatic carbocycles. The number of hydrogen-bond acceptors (Lipinski definition) is 3. The van der Waals surface area contributed by atoms with E-state index in [-0.39, 0.29) is 6.10 Å². The van der Waals surface area contributed by atoms with Gasteiger partial charge >= 0.3 is 0 Å². The van der Waals surface area contributed by atoms with Crippen LogP contribution in [-0.2, 0) is 4.74 Å². The number of ether oxygens (including phenoxy) is 1. The quantitative estimate of drug-likeness (QED) is 0.756. The van der Waals surface area contributed by atoms with Crippen molar-refractivity contribution in [2.45, 2.75) is 25.9 Å². The van der Waals surface area contributed by atoms with Crippen LogP contribution in [0.1, 0.15) is 31.4 Å². The number of rotatable bonds is 5. The molecule has 15 heavy (non-hydrogen) atoms. The fourth-order valence-corrected chi connectivity index (χ4v) is 2.11. The van der Waals surface area contributed by atoms with Gasteiger partial charge in [0.1, 0.15) is 0 Å². The topological polar surface area (TPSA) is 34.4 Å². The largest absolute Gasteiger partial charge is 0.472 e. The van der Waals surface area contributed by atoms with E-state index >= 15 is 0 Å². The first-order valence-electron chi connectivity index (χ1n) is 5.76. The van der Waals surface area contributed by atoms with Gasteiger partial charge in [0, 0.05) is 24.6 Å². The summed E-state index contributed by atoms with van der Waals surface area (Å²) in [4.78, 5) is 0. The summed E-state index contributed by atoms with van der Waals surface area (Å²) in [5.41, 5.74) is 1.18. The Bertz CT molecular complexity index is 271. The third-order valence-electron chi connectivity index (χ3n) is 2.92. The van der Waals surface area contributed by atoms with Crippen LogP contribution in [-0.4, -0.2) is 19.7 Å². The Balaban J connectivity index is 1.88. The first kappa shape index (κ1) is 10.7. The molecule has 1 aromatic heterocycles. The molecule has 0 radical (unpaired) electrons. The van der Waals surface area contributed by atoms with E-state index in [2.05, 4.69) is 12.2 Å². The lowest BCUT2D eigenvalue weighted by atomic mass is 9.97. The maximum absolute atomic E-state index is 5.74. The van der Waals surface area contributed by atoms with Gasteiger partial charge in [-0.05, 0) is 25.5 Å². The molecule has 0 amide bonds. The average molecular weight is 209 g/mol. The summed E-state index contributed by atoms with van der Waals surface area (Å²) in [6.07, 6.45) is 6.07. The smallest absolute Gasteiger partial charge is 0.0960 e. The maximum atomic E-state index is 5.74. The predicted octanol–water partition coefficient (Wildman–Crippen LogP) is 2.36. The van der Waals surface area contributed by atoms with Crippen molar-refractivity contribution in [2.24, 2.45) is 5.92 Å². The monoisotopic (exact) mass is 209 g/mol. The second-order valence-corrected chi connectivity index (χ2v) is 4.10. The molecular formula is C12H19NO2. The second-order valence-electron chi connectivity index (χ2n) is 4.10. The summed E-state index contributed by atoms with van der Waals surface area (Å²) >= 11 is 0. The highest BCUT2D eigenvalue weighted by Crippen LogP contribution is 2.34. The van der Waals surface area contributed by atoms with Crippen molar-refractivity contribution in [3.05, 3.63) is 24.2 Å². The summed E-state index contributed by atoms with van der Waals surface area (Å²) in [5.74, 6) is 0.592. The third kappa shape index (κ3) is 2.61. The maximum Gasteiger partial charge on any atom is 0.0960 e. The molecule has 1 aliphatic heterocycles. The van der Waals surface area contributed by atoms with E-state index in [0.29, 0.717) is 5.92 Å². The van der Waals surface area contributed by atoms with Crippen LogP contribution >= 0.6 is 0 Å². The molecule has 3 nitrogen and oxygen atoms in total. The summed E-state index contributed by atoms with van der Waals surface area (Å²) < 4.78 is 10.8. The van der Waals surface area contributed by atoms with Gasteiger partial charge in [-0.3, -0.25) is 0 Å². The molecule has 2 heterocycles. The molecule has 0 saturated carbocycles. The predicted molar refractivity (Wildman–Crippen MR) is 58.7 cm³/mol. The van der Waals surface area contributed by atoms with Crippen LogP contribution in [0.5, 0.6) is 0 Å². The van der Waals surface area contributed by atoms with E-state index < -0.39 is 0 Å². The lowest BCUT2D eigenvalue weighted by Crippen LogP contribution is -2.25. The zero-order valence-electron chi connectivity index (χ0n) is 9.24. The minimum absolute atomic E-state index is 0.230. The first-order valence-corrected chi connectivity index (χ1v) is 5.76. The Labute approximate surface area is 90.8 Å². The van der Waals surface area contributed by atoms with Gasteiger partial charge in [-0.15, -0.1) is 0 Å². The van der Waals surface area contributed by atoms with Gasteiger partial charge in [0.2, 0.25) is 0 Å². The highest BCUT2D eigenvalue weighted by atomic mass is 16.5. The van der Waals surface area contributed by atoms with E-state index in [1.54, 1.807) is 12.5 Å². The standard InChI is InChI=1S/C12H19NO2/c1-2-5-13-8-10-4-7-15-12(10)11-3-6-14-9-11/h3,6,9-10,12-13H,2,4-5,7-8H2,1H3. The molecule has 0 aliphatic carbocycles. The molecule has 2 rings (SSSR count). The van der Waals surface area contributed by atoms with Gasteiger partial charge in [0.05, 0.1) is 18.6 Å². The Morgan fingerprint density at radius 3 is 3.20 bits per heavy atom. The summed E-state index contributed by atoms with van der Waals surface area (Å²) in [6, 6.07) is 2.00. The first-order chi connectivity index (χ1) is 7.42. The molecule has 84 valence electrons. The molecular weight excluding hydrogens is 190 g/mol. The van der Waals surface area contributed by atoms with E-state index in [9.17, 15) is 0 Å². The highest BCUT2D eigenvalue weighted by molar-refractivity contribution is 5.12. The van der Waals surface area contributed by atoms with Crippen molar-refractivity contribution < 1.29 is 9.15 Å². The lowest BCUT2D eigenvalue weighted by molar-refractivity contribution is 0.0900.